The Kier molecular flexibility index (Phi) is 6.39. The van der Waals surface area contributed by atoms with Crippen molar-refractivity contribution < 1.29 is 0 Å². The Morgan fingerprint density at radius 2 is 1.90 bits per heavy atom. The van der Waals surface area contributed by atoms with Gasteiger partial charge in [0, 0.05) is 19.6 Å². The molecule has 0 unspecified atom stereocenters. The molecule has 5 heteroatoms. The lowest BCUT2D eigenvalue weighted by Crippen LogP contribution is -2.32. The van der Waals surface area contributed by atoms with E-state index in [-0.39, 0.29) is 0 Å². The molecule has 0 aliphatic carbocycles. The van der Waals surface area contributed by atoms with Crippen LogP contribution in [0.25, 0.3) is 0 Å². The van der Waals surface area contributed by atoms with Crippen LogP contribution in [0.4, 0.5) is 5.82 Å². The number of hydrogen-bond donors (Lipinski definition) is 1. The van der Waals surface area contributed by atoms with Gasteiger partial charge in [0.05, 0.1) is 17.6 Å². The molecule has 2 heterocycles. The van der Waals surface area contributed by atoms with Crippen LogP contribution in [-0.2, 0) is 0 Å². The van der Waals surface area contributed by atoms with Crippen LogP contribution in [0.2, 0.25) is 0 Å². The Morgan fingerprint density at radius 1 is 1.05 bits per heavy atom. The second-order valence-corrected chi connectivity index (χ2v) is 5.93. The minimum absolute atomic E-state index is 0.819. The van der Waals surface area contributed by atoms with Crippen LogP contribution in [0.5, 0.6) is 0 Å². The summed E-state index contributed by atoms with van der Waals surface area (Å²) < 4.78 is 0. The summed E-state index contributed by atoms with van der Waals surface area (Å²) in [5, 5.41) is 0. The second-order valence-electron chi connectivity index (χ2n) is 5.93. The zero-order valence-electron chi connectivity index (χ0n) is 13.5. The highest BCUT2D eigenvalue weighted by Gasteiger charge is 2.16. The summed E-state index contributed by atoms with van der Waals surface area (Å²) in [6, 6.07) is 0. The fraction of sp³-hybridized carbons (Fsp3) is 0.750. The maximum atomic E-state index is 5.54. The monoisotopic (exact) mass is 291 g/mol. The van der Waals surface area contributed by atoms with E-state index in [1.807, 2.05) is 20.0 Å². The summed E-state index contributed by atoms with van der Waals surface area (Å²) in [7, 11) is 0. The molecule has 0 saturated carbocycles. The fourth-order valence-electron chi connectivity index (χ4n) is 2.76. The lowest BCUT2D eigenvalue weighted by atomic mass is 10.2. The van der Waals surface area contributed by atoms with Crippen LogP contribution in [0.3, 0.4) is 0 Å². The average Bonchev–Trinajstić information content (AvgIpc) is 2.72. The Labute approximate surface area is 128 Å². The Bertz CT molecular complexity index is 435. The summed E-state index contributed by atoms with van der Waals surface area (Å²) in [5.41, 5.74) is 7.61. The second kappa shape index (κ2) is 8.29. The number of nitrogens with zero attached hydrogens (tertiary/aromatic N) is 4. The number of hydrogen-bond acceptors (Lipinski definition) is 5. The van der Waals surface area contributed by atoms with Gasteiger partial charge in [-0.1, -0.05) is 6.42 Å². The topological polar surface area (TPSA) is 58.3 Å². The van der Waals surface area contributed by atoms with Gasteiger partial charge in [0.2, 0.25) is 0 Å². The van der Waals surface area contributed by atoms with Crippen LogP contribution in [0.15, 0.2) is 6.20 Å². The lowest BCUT2D eigenvalue weighted by Gasteiger charge is -2.23. The van der Waals surface area contributed by atoms with Crippen LogP contribution in [0, 0.1) is 13.8 Å². The average molecular weight is 291 g/mol. The van der Waals surface area contributed by atoms with Gasteiger partial charge in [-0.2, -0.15) is 0 Å². The van der Waals surface area contributed by atoms with Gasteiger partial charge >= 0.3 is 0 Å². The van der Waals surface area contributed by atoms with E-state index in [1.54, 1.807) is 0 Å². The van der Waals surface area contributed by atoms with Gasteiger partial charge in [0.25, 0.3) is 0 Å². The Balaban J connectivity index is 1.84. The molecular formula is C16H29N5. The quantitative estimate of drug-likeness (QED) is 0.809. The van der Waals surface area contributed by atoms with Gasteiger partial charge < -0.3 is 15.5 Å². The van der Waals surface area contributed by atoms with E-state index in [1.165, 1.54) is 32.4 Å². The number of nitrogens with two attached hydrogens (primary N) is 1. The molecule has 21 heavy (non-hydrogen) atoms. The molecule has 5 nitrogen and oxygen atoms in total. The molecule has 0 atom stereocenters. The van der Waals surface area contributed by atoms with Crippen molar-refractivity contribution in [1.82, 2.24) is 14.9 Å². The van der Waals surface area contributed by atoms with Gasteiger partial charge in [-0.25, -0.2) is 4.98 Å². The molecule has 0 aromatic carbocycles. The molecule has 0 bridgehead atoms. The summed E-state index contributed by atoms with van der Waals surface area (Å²) in [6.07, 6.45) is 6.78. The summed E-state index contributed by atoms with van der Waals surface area (Å²) in [5.74, 6) is 1.03. The van der Waals surface area contributed by atoms with E-state index in [0.29, 0.717) is 0 Å². The predicted molar refractivity (Wildman–Crippen MR) is 87.7 cm³/mol. The van der Waals surface area contributed by atoms with E-state index < -0.39 is 0 Å². The summed E-state index contributed by atoms with van der Waals surface area (Å²) >= 11 is 0. The molecule has 0 spiro atoms. The van der Waals surface area contributed by atoms with E-state index in [4.69, 9.17) is 5.73 Å². The summed E-state index contributed by atoms with van der Waals surface area (Å²) in [4.78, 5) is 14.1. The molecule has 1 aromatic heterocycles. The van der Waals surface area contributed by atoms with Crippen molar-refractivity contribution in [2.45, 2.75) is 39.5 Å². The number of aromatic nitrogens is 2. The highest BCUT2D eigenvalue weighted by molar-refractivity contribution is 5.37. The molecule has 1 saturated heterocycles. The highest BCUT2D eigenvalue weighted by atomic mass is 15.2. The zero-order chi connectivity index (χ0) is 15.1. The van der Waals surface area contributed by atoms with Crippen molar-refractivity contribution in [3.8, 4) is 0 Å². The van der Waals surface area contributed by atoms with Crippen molar-refractivity contribution in [2.75, 3.05) is 44.2 Å². The first kappa shape index (κ1) is 16.2. The van der Waals surface area contributed by atoms with Crippen LogP contribution in [0.1, 0.15) is 37.1 Å². The summed E-state index contributed by atoms with van der Waals surface area (Å²) in [6.45, 7) is 10.5. The highest BCUT2D eigenvalue weighted by Crippen LogP contribution is 2.15. The lowest BCUT2D eigenvalue weighted by molar-refractivity contribution is 0.286. The van der Waals surface area contributed by atoms with E-state index in [2.05, 4.69) is 19.8 Å². The van der Waals surface area contributed by atoms with E-state index in [9.17, 15) is 0 Å². The third-order valence-electron chi connectivity index (χ3n) is 4.27. The molecule has 1 aromatic rings. The molecule has 118 valence electrons. The molecule has 1 aliphatic heterocycles. The van der Waals surface area contributed by atoms with Gasteiger partial charge in [0.1, 0.15) is 5.82 Å². The van der Waals surface area contributed by atoms with Crippen molar-refractivity contribution in [2.24, 2.45) is 5.73 Å². The smallest absolute Gasteiger partial charge is 0.147 e. The van der Waals surface area contributed by atoms with E-state index in [0.717, 1.165) is 49.8 Å². The Hall–Kier alpha value is -1.20. The predicted octanol–water partition coefficient (Wildman–Crippen LogP) is 1.73. The number of anilines is 1. The number of aryl methyl sites for hydroxylation is 2. The van der Waals surface area contributed by atoms with Crippen molar-refractivity contribution in [3.63, 3.8) is 0 Å². The first-order chi connectivity index (χ1) is 10.2. The Morgan fingerprint density at radius 3 is 2.67 bits per heavy atom. The van der Waals surface area contributed by atoms with Gasteiger partial charge in [0.15, 0.2) is 0 Å². The van der Waals surface area contributed by atoms with Crippen molar-refractivity contribution >= 4 is 5.82 Å². The van der Waals surface area contributed by atoms with Gasteiger partial charge in [-0.05, 0) is 52.7 Å². The fourth-order valence-corrected chi connectivity index (χ4v) is 2.76. The molecule has 1 aliphatic rings. The van der Waals surface area contributed by atoms with Gasteiger partial charge in [-0.15, -0.1) is 0 Å². The van der Waals surface area contributed by atoms with E-state index >= 15 is 0 Å². The van der Waals surface area contributed by atoms with Crippen LogP contribution in [-0.4, -0.2) is 54.1 Å². The third kappa shape index (κ3) is 4.93. The number of unbranched alkanes of at least 4 members (excludes halogenated alkanes) is 2. The molecule has 2 N–H and O–H groups in total. The van der Waals surface area contributed by atoms with Crippen molar-refractivity contribution in [3.05, 3.63) is 17.6 Å². The zero-order valence-corrected chi connectivity index (χ0v) is 13.5. The minimum atomic E-state index is 0.819. The third-order valence-corrected chi connectivity index (χ3v) is 4.27. The maximum absolute atomic E-state index is 5.54. The molecular weight excluding hydrogens is 262 g/mol. The first-order valence-electron chi connectivity index (χ1n) is 8.18. The molecule has 0 amide bonds. The normalized spacial score (nSPS) is 17.0. The first-order valence-corrected chi connectivity index (χ1v) is 8.18. The minimum Gasteiger partial charge on any atom is -0.354 e. The van der Waals surface area contributed by atoms with Crippen LogP contribution < -0.4 is 10.6 Å². The number of rotatable bonds is 6. The maximum Gasteiger partial charge on any atom is 0.147 e. The van der Waals surface area contributed by atoms with Crippen LogP contribution >= 0.6 is 0 Å². The van der Waals surface area contributed by atoms with Gasteiger partial charge in [-0.3, -0.25) is 4.98 Å². The molecule has 2 rings (SSSR count). The largest absolute Gasteiger partial charge is 0.354 e. The molecule has 1 fully saturated rings. The SMILES string of the molecule is Cc1ncc(N2CCCN(CCCCCN)CC2)nc1C. The van der Waals surface area contributed by atoms with Crippen molar-refractivity contribution in [1.29, 1.82) is 0 Å². The standard InChI is InChI=1S/C16H29N5/c1-14-15(2)19-16(13-18-14)21-10-6-9-20(11-12-21)8-5-3-4-7-17/h13H,3-12,17H2,1-2H3. The molecule has 0 radical (unpaired) electrons.